The molecule has 74 valence electrons. The molecular weight excluding hydrogens is 192 g/mol. The van der Waals surface area contributed by atoms with Crippen molar-refractivity contribution in [3.63, 3.8) is 0 Å². The van der Waals surface area contributed by atoms with Gasteiger partial charge in [0.15, 0.2) is 5.75 Å². The van der Waals surface area contributed by atoms with Crippen molar-refractivity contribution in [3.8, 4) is 11.6 Å². The van der Waals surface area contributed by atoms with E-state index in [1.165, 1.54) is 0 Å². The molecule has 1 aromatic heterocycles. The summed E-state index contributed by atoms with van der Waals surface area (Å²) in [5, 5.41) is 0. The summed E-state index contributed by atoms with van der Waals surface area (Å²) in [7, 11) is 3.12. The molecule has 0 bridgehead atoms. The average Bonchev–Trinajstić information content (AvgIpc) is 2.16. The first kappa shape index (κ1) is 12.0. The van der Waals surface area contributed by atoms with Crippen molar-refractivity contribution in [1.29, 1.82) is 0 Å². The van der Waals surface area contributed by atoms with E-state index in [1.807, 2.05) is 0 Å². The van der Waals surface area contributed by atoms with E-state index in [1.54, 1.807) is 26.4 Å². The number of ether oxygens (including phenoxy) is 2. The van der Waals surface area contributed by atoms with Gasteiger partial charge in [-0.05, 0) is 12.1 Å². The molecule has 5 heteroatoms. The van der Waals surface area contributed by atoms with Crippen molar-refractivity contribution in [1.82, 2.24) is 4.98 Å². The second-order valence-electron chi connectivity index (χ2n) is 2.22. The fourth-order valence-electron chi connectivity index (χ4n) is 0.881. The molecule has 2 N–H and O–H groups in total. The van der Waals surface area contributed by atoms with Crippen LogP contribution in [0.4, 0.5) is 0 Å². The van der Waals surface area contributed by atoms with Gasteiger partial charge in [0, 0.05) is 6.54 Å². The van der Waals surface area contributed by atoms with E-state index >= 15 is 0 Å². The molecule has 0 saturated heterocycles. The molecule has 0 saturated carbocycles. The quantitative estimate of drug-likeness (QED) is 0.798. The van der Waals surface area contributed by atoms with Crippen molar-refractivity contribution in [2.45, 2.75) is 6.54 Å². The third kappa shape index (κ3) is 2.75. The van der Waals surface area contributed by atoms with Crippen molar-refractivity contribution < 1.29 is 9.47 Å². The van der Waals surface area contributed by atoms with E-state index in [9.17, 15) is 0 Å². The van der Waals surface area contributed by atoms with Crippen LogP contribution in [0.3, 0.4) is 0 Å². The number of hydrogen-bond donors (Lipinski definition) is 1. The van der Waals surface area contributed by atoms with Crippen LogP contribution < -0.4 is 15.2 Å². The molecule has 1 rings (SSSR count). The standard InChI is InChI=1S/C8H12N2O2.ClH/c1-11-7-4-3-6(5-9)10-8(7)12-2;/h3-4H,5,9H2,1-2H3;1H. The van der Waals surface area contributed by atoms with E-state index in [4.69, 9.17) is 15.2 Å². The lowest BCUT2D eigenvalue weighted by Crippen LogP contribution is -2.01. The summed E-state index contributed by atoms with van der Waals surface area (Å²) in [6.45, 7) is 0.403. The van der Waals surface area contributed by atoms with Gasteiger partial charge in [0.1, 0.15) is 0 Å². The SMILES string of the molecule is COc1ccc(CN)nc1OC.Cl. The molecule has 0 amide bonds. The Hall–Kier alpha value is -1.00. The highest BCUT2D eigenvalue weighted by Crippen LogP contribution is 2.23. The first-order chi connectivity index (χ1) is 5.81. The van der Waals surface area contributed by atoms with Crippen molar-refractivity contribution in [3.05, 3.63) is 17.8 Å². The predicted molar refractivity (Wildman–Crippen MR) is 52.5 cm³/mol. The number of nitrogens with two attached hydrogens (primary N) is 1. The maximum absolute atomic E-state index is 5.41. The molecule has 0 aliphatic heterocycles. The lowest BCUT2D eigenvalue weighted by molar-refractivity contribution is 0.342. The van der Waals surface area contributed by atoms with Crippen molar-refractivity contribution >= 4 is 12.4 Å². The van der Waals surface area contributed by atoms with Gasteiger partial charge >= 0.3 is 0 Å². The Kier molecular flexibility index (Phi) is 5.18. The number of pyridine rings is 1. The van der Waals surface area contributed by atoms with Crippen LogP contribution in [0.25, 0.3) is 0 Å². The molecule has 0 fully saturated rings. The summed E-state index contributed by atoms with van der Waals surface area (Å²) in [6.07, 6.45) is 0. The second kappa shape index (κ2) is 5.61. The third-order valence-corrected chi connectivity index (χ3v) is 1.51. The van der Waals surface area contributed by atoms with Crippen LogP contribution in [-0.4, -0.2) is 19.2 Å². The minimum atomic E-state index is 0. The van der Waals surface area contributed by atoms with E-state index in [0.29, 0.717) is 18.2 Å². The molecule has 4 nitrogen and oxygen atoms in total. The van der Waals surface area contributed by atoms with Crippen molar-refractivity contribution in [2.75, 3.05) is 14.2 Å². The highest BCUT2D eigenvalue weighted by molar-refractivity contribution is 5.85. The Balaban J connectivity index is 0.00000144. The van der Waals surface area contributed by atoms with E-state index < -0.39 is 0 Å². The molecule has 0 radical (unpaired) electrons. The third-order valence-electron chi connectivity index (χ3n) is 1.51. The summed E-state index contributed by atoms with van der Waals surface area (Å²) in [6, 6.07) is 3.59. The molecule has 0 aliphatic rings. The maximum atomic E-state index is 5.41. The Labute approximate surface area is 83.5 Å². The van der Waals surface area contributed by atoms with E-state index in [2.05, 4.69) is 4.98 Å². The largest absolute Gasteiger partial charge is 0.491 e. The Morgan fingerprint density at radius 3 is 2.46 bits per heavy atom. The number of hydrogen-bond acceptors (Lipinski definition) is 4. The first-order valence-corrected chi connectivity index (χ1v) is 3.59. The molecule has 0 unspecified atom stereocenters. The van der Waals surface area contributed by atoms with Gasteiger partial charge in [0.05, 0.1) is 19.9 Å². The van der Waals surface area contributed by atoms with Crippen LogP contribution in [0.1, 0.15) is 5.69 Å². The summed E-state index contributed by atoms with van der Waals surface area (Å²) < 4.78 is 9.99. The topological polar surface area (TPSA) is 57.4 Å². The van der Waals surface area contributed by atoms with Crippen LogP contribution in [0.2, 0.25) is 0 Å². The minimum absolute atomic E-state index is 0. The number of halogens is 1. The van der Waals surface area contributed by atoms with Crippen molar-refractivity contribution in [2.24, 2.45) is 5.73 Å². The Bertz CT molecular complexity index is 268. The normalized spacial score (nSPS) is 8.85. The summed E-state index contributed by atoms with van der Waals surface area (Å²) in [5.41, 5.74) is 6.19. The first-order valence-electron chi connectivity index (χ1n) is 3.59. The lowest BCUT2D eigenvalue weighted by atomic mass is 10.3. The smallest absolute Gasteiger partial charge is 0.257 e. The predicted octanol–water partition coefficient (Wildman–Crippen LogP) is 0.979. The van der Waals surface area contributed by atoms with Gasteiger partial charge < -0.3 is 15.2 Å². The summed E-state index contributed by atoms with van der Waals surface area (Å²) in [4.78, 5) is 4.11. The lowest BCUT2D eigenvalue weighted by Gasteiger charge is -2.06. The van der Waals surface area contributed by atoms with E-state index in [-0.39, 0.29) is 12.4 Å². The number of methoxy groups -OCH3 is 2. The molecular formula is C8H13ClN2O2. The number of nitrogens with zero attached hydrogens (tertiary/aromatic N) is 1. The van der Waals surface area contributed by atoms with Crippen LogP contribution in [0.5, 0.6) is 11.6 Å². The van der Waals surface area contributed by atoms with Gasteiger partial charge in [0.2, 0.25) is 0 Å². The molecule has 0 aromatic carbocycles. The monoisotopic (exact) mass is 204 g/mol. The second-order valence-corrected chi connectivity index (χ2v) is 2.22. The molecule has 1 aromatic rings. The maximum Gasteiger partial charge on any atom is 0.257 e. The highest BCUT2D eigenvalue weighted by atomic mass is 35.5. The van der Waals surface area contributed by atoms with Crippen LogP contribution >= 0.6 is 12.4 Å². The Morgan fingerprint density at radius 2 is 2.00 bits per heavy atom. The zero-order valence-corrected chi connectivity index (χ0v) is 8.43. The van der Waals surface area contributed by atoms with Crippen LogP contribution in [-0.2, 0) is 6.54 Å². The van der Waals surface area contributed by atoms with E-state index in [0.717, 1.165) is 5.69 Å². The van der Waals surface area contributed by atoms with Gasteiger partial charge in [-0.2, -0.15) is 0 Å². The molecule has 0 atom stereocenters. The molecule has 0 aliphatic carbocycles. The average molecular weight is 205 g/mol. The zero-order chi connectivity index (χ0) is 8.97. The number of aromatic nitrogens is 1. The summed E-state index contributed by atoms with van der Waals surface area (Å²) in [5.74, 6) is 1.09. The van der Waals surface area contributed by atoms with Crippen LogP contribution in [0, 0.1) is 0 Å². The van der Waals surface area contributed by atoms with Gasteiger partial charge in [-0.3, -0.25) is 0 Å². The molecule has 0 spiro atoms. The van der Waals surface area contributed by atoms with Gasteiger partial charge in [0.25, 0.3) is 5.88 Å². The van der Waals surface area contributed by atoms with Crippen LogP contribution in [0.15, 0.2) is 12.1 Å². The van der Waals surface area contributed by atoms with Gasteiger partial charge in [-0.1, -0.05) is 0 Å². The minimum Gasteiger partial charge on any atom is -0.491 e. The molecule has 13 heavy (non-hydrogen) atoms. The Morgan fingerprint density at radius 1 is 1.31 bits per heavy atom. The highest BCUT2D eigenvalue weighted by Gasteiger charge is 2.04. The summed E-state index contributed by atoms with van der Waals surface area (Å²) >= 11 is 0. The fraction of sp³-hybridized carbons (Fsp3) is 0.375. The zero-order valence-electron chi connectivity index (χ0n) is 7.61. The van der Waals surface area contributed by atoms with Gasteiger partial charge in [-0.25, -0.2) is 4.98 Å². The number of rotatable bonds is 3. The van der Waals surface area contributed by atoms with Gasteiger partial charge in [-0.15, -0.1) is 12.4 Å². The fourth-order valence-corrected chi connectivity index (χ4v) is 0.881. The molecule has 1 heterocycles.